The van der Waals surface area contributed by atoms with Crippen LogP contribution >= 0.6 is 0 Å². The Kier molecular flexibility index (Phi) is 10.9. The number of anilines is 1. The number of carboxylic acid groups (broad SMARTS) is 1. The van der Waals surface area contributed by atoms with Gasteiger partial charge in [-0.05, 0) is 80.0 Å². The molecule has 0 spiro atoms. The Morgan fingerprint density at radius 2 is 1.85 bits per heavy atom. The van der Waals surface area contributed by atoms with Gasteiger partial charge in [0.1, 0.15) is 35.3 Å². The number of carbonyl (C=O) groups is 4. The van der Waals surface area contributed by atoms with E-state index in [1.165, 1.54) is 4.90 Å². The second-order valence-corrected chi connectivity index (χ2v) is 17.6. The van der Waals surface area contributed by atoms with Gasteiger partial charge in [0, 0.05) is 30.8 Å². The quantitative estimate of drug-likeness (QED) is 0.285. The van der Waals surface area contributed by atoms with Crippen LogP contribution < -0.4 is 29.7 Å². The van der Waals surface area contributed by atoms with Crippen LogP contribution in [0.3, 0.4) is 0 Å². The van der Waals surface area contributed by atoms with E-state index >= 15 is 0 Å². The van der Waals surface area contributed by atoms with Crippen molar-refractivity contribution in [1.82, 2.24) is 25.2 Å². The second-order valence-electron chi connectivity index (χ2n) is 15.7. The van der Waals surface area contributed by atoms with Crippen molar-refractivity contribution in [2.75, 3.05) is 44.9 Å². The molecule has 0 bridgehead atoms. The number of ether oxygens (including phenoxy) is 3. The van der Waals surface area contributed by atoms with Crippen LogP contribution in [-0.2, 0) is 29.1 Å². The van der Waals surface area contributed by atoms with E-state index in [1.807, 2.05) is 44.2 Å². The van der Waals surface area contributed by atoms with Gasteiger partial charge in [0.25, 0.3) is 5.91 Å². The summed E-state index contributed by atoms with van der Waals surface area (Å²) >= 11 is 0. The summed E-state index contributed by atoms with van der Waals surface area (Å²) in [7, 11) is -2.33. The monoisotopic (exact) mass is 782 g/mol. The average Bonchev–Trinajstić information content (AvgIpc) is 4.08. The van der Waals surface area contributed by atoms with Crippen LogP contribution in [-0.4, -0.2) is 116 Å². The zero-order valence-electron chi connectivity index (χ0n) is 31.4. The number of nitrogens with one attached hydrogen (secondary N) is 3. The first-order valence-corrected chi connectivity index (χ1v) is 20.7. The molecule has 4 fully saturated rings. The van der Waals surface area contributed by atoms with Gasteiger partial charge in [0.15, 0.2) is 0 Å². The fourth-order valence-electron chi connectivity index (χ4n) is 8.15. The number of carbonyl (C=O) groups excluding carboxylic acids is 3. The van der Waals surface area contributed by atoms with Gasteiger partial charge in [-0.25, -0.2) is 13.2 Å². The minimum Gasteiger partial charge on any atom is -0.497 e. The molecule has 7 atom stereocenters. The maximum atomic E-state index is 14.5. The molecule has 2 aliphatic carbocycles. The standard InChI is InChI=1S/C38H50N6O10S/c1-22-6-4-5-7-25-20-38(25,36(47)42-55(50,51)28-9-10-28)41-33(45)30-19-27(21-44(30)35(46)32(23(2)16-22)40-37(48)49)54-34-29-11-8-26(52-3)17-24(29)18-31(39-34)43-12-14-53-15-13-43/h5,7-8,11,17-18,22-23,25,27-28,30,32,40H,4,6,9-10,12-16,19-21H2,1-3H3,(H,41,45)(H,42,47)(H,48,49)/t22-,23-,25-,27-,30+,32+,38-/m1/s1. The lowest BCUT2D eigenvalue weighted by atomic mass is 9.88. The molecule has 3 aliphatic heterocycles. The summed E-state index contributed by atoms with van der Waals surface area (Å²) in [6, 6.07) is 5.11. The minimum absolute atomic E-state index is 0.00182. The van der Waals surface area contributed by atoms with E-state index < -0.39 is 74.7 Å². The maximum absolute atomic E-state index is 14.5. The normalized spacial score (nSPS) is 30.3. The first kappa shape index (κ1) is 38.6. The molecular formula is C38H50N6O10S. The largest absolute Gasteiger partial charge is 0.497 e. The Balaban J connectivity index is 1.23. The Labute approximate surface area is 320 Å². The number of hydrogen-bond acceptors (Lipinski definition) is 11. The third-order valence-electron chi connectivity index (χ3n) is 11.5. The van der Waals surface area contributed by atoms with E-state index in [-0.39, 0.29) is 31.2 Å². The summed E-state index contributed by atoms with van der Waals surface area (Å²) < 4.78 is 45.6. The van der Waals surface area contributed by atoms with Crippen molar-refractivity contribution in [3.63, 3.8) is 0 Å². The molecule has 17 heteroatoms. The van der Waals surface area contributed by atoms with Gasteiger partial charge < -0.3 is 39.8 Å². The van der Waals surface area contributed by atoms with Crippen molar-refractivity contribution in [1.29, 1.82) is 0 Å². The molecule has 1 aromatic heterocycles. The second kappa shape index (κ2) is 15.5. The van der Waals surface area contributed by atoms with E-state index in [1.54, 1.807) is 13.2 Å². The number of pyridine rings is 1. The number of allylic oxidation sites excluding steroid dienone is 1. The number of rotatable bonds is 8. The van der Waals surface area contributed by atoms with Crippen molar-refractivity contribution in [3.8, 4) is 11.6 Å². The number of benzene rings is 1. The van der Waals surface area contributed by atoms with Crippen molar-refractivity contribution in [3.05, 3.63) is 36.4 Å². The maximum Gasteiger partial charge on any atom is 0.405 e. The third-order valence-corrected chi connectivity index (χ3v) is 13.3. The molecule has 4 heterocycles. The van der Waals surface area contributed by atoms with E-state index in [9.17, 15) is 32.7 Å². The molecule has 2 saturated heterocycles. The highest BCUT2D eigenvalue weighted by molar-refractivity contribution is 7.91. The van der Waals surface area contributed by atoms with Crippen LogP contribution in [0.25, 0.3) is 10.8 Å². The molecule has 4 N–H and O–H groups in total. The molecule has 55 heavy (non-hydrogen) atoms. The first-order valence-electron chi connectivity index (χ1n) is 19.1. The lowest BCUT2D eigenvalue weighted by molar-refractivity contribution is -0.142. The lowest BCUT2D eigenvalue weighted by Gasteiger charge is -2.32. The van der Waals surface area contributed by atoms with Crippen molar-refractivity contribution in [2.45, 2.75) is 87.8 Å². The number of nitrogens with zero attached hydrogens (tertiary/aromatic N) is 3. The lowest BCUT2D eigenvalue weighted by Crippen LogP contribution is -2.59. The topological polar surface area (TPSA) is 206 Å². The van der Waals surface area contributed by atoms with Crippen LogP contribution in [0.2, 0.25) is 0 Å². The molecule has 5 aliphatic rings. The molecule has 7 rings (SSSR count). The number of aromatic nitrogens is 1. The number of fused-ring (bicyclic) bond motifs is 3. The van der Waals surface area contributed by atoms with E-state index in [0.29, 0.717) is 68.9 Å². The predicted molar refractivity (Wildman–Crippen MR) is 201 cm³/mol. The van der Waals surface area contributed by atoms with Gasteiger partial charge in [0.2, 0.25) is 27.7 Å². The number of morpholine rings is 1. The number of sulfonamides is 1. The Morgan fingerprint density at radius 3 is 2.56 bits per heavy atom. The van der Waals surface area contributed by atoms with Gasteiger partial charge >= 0.3 is 6.09 Å². The highest BCUT2D eigenvalue weighted by atomic mass is 32.2. The van der Waals surface area contributed by atoms with E-state index in [4.69, 9.17) is 19.2 Å². The molecular weight excluding hydrogens is 733 g/mol. The van der Waals surface area contributed by atoms with Crippen LogP contribution in [0.5, 0.6) is 11.6 Å². The molecule has 16 nitrogen and oxygen atoms in total. The van der Waals surface area contributed by atoms with Crippen molar-refractivity contribution in [2.24, 2.45) is 17.8 Å². The number of methoxy groups -OCH3 is 1. The SMILES string of the molecule is COc1ccc2c(O[C@@H]3C[C@H]4C(=O)N[C@]5(C(=O)NS(=O)(=O)C6CC6)C[C@H]5C=CCC[C@@H](C)C[C@@H](C)[C@H](NC(=O)O)C(=O)N4C3)nc(N3CCOCC3)cc2c1. The fourth-order valence-corrected chi connectivity index (χ4v) is 9.51. The number of amides is 4. The van der Waals surface area contributed by atoms with Gasteiger partial charge in [-0.15, -0.1) is 0 Å². The molecule has 298 valence electrons. The third kappa shape index (κ3) is 8.32. The van der Waals surface area contributed by atoms with Crippen LogP contribution in [0.15, 0.2) is 36.4 Å². The van der Waals surface area contributed by atoms with Crippen molar-refractivity contribution < 1.29 is 46.9 Å². The highest BCUT2D eigenvalue weighted by Crippen LogP contribution is 2.46. The fraction of sp³-hybridized carbons (Fsp3) is 0.605. The van der Waals surface area contributed by atoms with Crippen LogP contribution in [0.1, 0.15) is 58.8 Å². The molecule has 1 aromatic carbocycles. The summed E-state index contributed by atoms with van der Waals surface area (Å²) in [5.41, 5.74) is -1.54. The molecule has 0 radical (unpaired) electrons. The zero-order valence-corrected chi connectivity index (χ0v) is 32.2. The number of hydrogen-bond donors (Lipinski definition) is 4. The smallest absolute Gasteiger partial charge is 0.405 e. The zero-order chi connectivity index (χ0) is 39.1. The predicted octanol–water partition coefficient (Wildman–Crippen LogP) is 2.56. The summed E-state index contributed by atoms with van der Waals surface area (Å²) in [6.45, 7) is 6.10. The van der Waals surface area contributed by atoms with Crippen LogP contribution in [0.4, 0.5) is 10.6 Å². The van der Waals surface area contributed by atoms with Gasteiger partial charge in [-0.1, -0.05) is 26.0 Å². The minimum atomic E-state index is -3.92. The van der Waals surface area contributed by atoms with Gasteiger partial charge in [-0.2, -0.15) is 4.98 Å². The molecule has 2 aromatic rings. The van der Waals surface area contributed by atoms with E-state index in [0.717, 1.165) is 11.8 Å². The molecule has 0 unspecified atom stereocenters. The Hall–Kier alpha value is -4.64. The average molecular weight is 783 g/mol. The summed E-state index contributed by atoms with van der Waals surface area (Å²) in [6.07, 6.45) is 4.69. The van der Waals surface area contributed by atoms with Crippen LogP contribution in [0, 0.1) is 17.8 Å². The van der Waals surface area contributed by atoms with E-state index in [2.05, 4.69) is 20.3 Å². The Morgan fingerprint density at radius 1 is 1.09 bits per heavy atom. The first-order chi connectivity index (χ1) is 26.3. The van der Waals surface area contributed by atoms with Gasteiger partial charge in [-0.3, -0.25) is 19.1 Å². The molecule has 2 saturated carbocycles. The Bertz CT molecular complexity index is 1970. The summed E-state index contributed by atoms with van der Waals surface area (Å²) in [5, 5.41) is 16.0. The summed E-state index contributed by atoms with van der Waals surface area (Å²) in [4.78, 5) is 63.1. The highest BCUT2D eigenvalue weighted by Gasteiger charge is 2.62. The molecule has 4 amide bonds. The summed E-state index contributed by atoms with van der Waals surface area (Å²) in [5.74, 6) is -1.22. The van der Waals surface area contributed by atoms with Gasteiger partial charge in [0.05, 0.1) is 32.1 Å². The van der Waals surface area contributed by atoms with Crippen molar-refractivity contribution >= 4 is 50.4 Å².